The maximum Gasteiger partial charge on any atom is 0.0528 e. The minimum absolute atomic E-state index is 0.572. The van der Waals surface area contributed by atoms with Crippen LogP contribution in [0, 0.1) is 0 Å². The number of fused-ring (bicyclic) bond motifs is 1. The first-order valence-corrected chi connectivity index (χ1v) is 7.77. The molecule has 0 atom stereocenters. The van der Waals surface area contributed by atoms with Crippen molar-refractivity contribution in [3.63, 3.8) is 0 Å². The van der Waals surface area contributed by atoms with Crippen molar-refractivity contribution < 1.29 is 0 Å². The number of hydrogen-bond acceptors (Lipinski definition) is 0. The Morgan fingerprint density at radius 3 is 1.95 bits per heavy atom. The standard InChI is InChI=1S/C20H23N/c1-14(2)16-5-8-19(9-6-16)21-12-11-18-13-17(15(3)4)7-10-20(18)21/h5-15H,1-4H3. The highest BCUT2D eigenvalue weighted by Crippen LogP contribution is 2.25. The van der Waals surface area contributed by atoms with Gasteiger partial charge in [-0.15, -0.1) is 0 Å². The molecule has 0 saturated carbocycles. The largest absolute Gasteiger partial charge is 0.317 e. The van der Waals surface area contributed by atoms with Crippen LogP contribution in [0.2, 0.25) is 0 Å². The van der Waals surface area contributed by atoms with Crippen LogP contribution in [-0.2, 0) is 0 Å². The van der Waals surface area contributed by atoms with Crippen molar-refractivity contribution >= 4 is 10.9 Å². The second-order valence-corrected chi connectivity index (χ2v) is 6.40. The van der Waals surface area contributed by atoms with E-state index in [4.69, 9.17) is 0 Å². The molecule has 0 saturated heterocycles. The van der Waals surface area contributed by atoms with E-state index in [9.17, 15) is 0 Å². The number of benzene rings is 2. The van der Waals surface area contributed by atoms with Gasteiger partial charge in [-0.25, -0.2) is 0 Å². The van der Waals surface area contributed by atoms with Gasteiger partial charge >= 0.3 is 0 Å². The van der Waals surface area contributed by atoms with E-state index in [1.165, 1.54) is 27.7 Å². The molecule has 0 amide bonds. The molecule has 0 aliphatic carbocycles. The SMILES string of the molecule is CC(C)c1ccc(-n2ccc3cc(C(C)C)ccc32)cc1. The molecule has 1 heterocycles. The Morgan fingerprint density at radius 1 is 0.714 bits per heavy atom. The van der Waals surface area contributed by atoms with Crippen LogP contribution in [0.5, 0.6) is 0 Å². The molecule has 0 N–H and O–H groups in total. The molecule has 0 spiro atoms. The third-order valence-corrected chi connectivity index (χ3v) is 4.22. The number of rotatable bonds is 3. The molecule has 21 heavy (non-hydrogen) atoms. The lowest BCUT2D eigenvalue weighted by molar-refractivity contribution is 0.865. The summed E-state index contributed by atoms with van der Waals surface area (Å²) in [5.74, 6) is 1.15. The van der Waals surface area contributed by atoms with Crippen molar-refractivity contribution in [1.82, 2.24) is 4.57 Å². The van der Waals surface area contributed by atoms with Crippen molar-refractivity contribution in [3.8, 4) is 5.69 Å². The second kappa shape index (κ2) is 5.40. The molecule has 108 valence electrons. The van der Waals surface area contributed by atoms with Crippen LogP contribution < -0.4 is 0 Å². The van der Waals surface area contributed by atoms with Crippen molar-refractivity contribution in [2.45, 2.75) is 39.5 Å². The smallest absolute Gasteiger partial charge is 0.0528 e. The van der Waals surface area contributed by atoms with Crippen LogP contribution in [-0.4, -0.2) is 4.57 Å². The third kappa shape index (κ3) is 2.61. The first-order valence-electron chi connectivity index (χ1n) is 7.77. The molecular formula is C20H23N. The summed E-state index contributed by atoms with van der Waals surface area (Å²) in [5, 5.41) is 1.31. The van der Waals surface area contributed by atoms with Gasteiger partial charge in [-0.3, -0.25) is 0 Å². The topological polar surface area (TPSA) is 4.93 Å². The maximum absolute atomic E-state index is 2.30. The first kappa shape index (κ1) is 13.9. The average molecular weight is 277 g/mol. The fourth-order valence-electron chi connectivity index (χ4n) is 2.77. The van der Waals surface area contributed by atoms with E-state index in [0.717, 1.165) is 0 Å². The molecular weight excluding hydrogens is 254 g/mol. The molecule has 1 nitrogen and oxygen atoms in total. The summed E-state index contributed by atoms with van der Waals surface area (Å²) < 4.78 is 2.27. The normalized spacial score (nSPS) is 11.7. The van der Waals surface area contributed by atoms with E-state index in [-0.39, 0.29) is 0 Å². The van der Waals surface area contributed by atoms with Crippen molar-refractivity contribution in [1.29, 1.82) is 0 Å². The minimum atomic E-state index is 0.572. The summed E-state index contributed by atoms with van der Waals surface area (Å²) in [4.78, 5) is 0. The van der Waals surface area contributed by atoms with E-state index >= 15 is 0 Å². The lowest BCUT2D eigenvalue weighted by atomic mass is 10.0. The molecule has 0 aliphatic heterocycles. The zero-order chi connectivity index (χ0) is 15.0. The lowest BCUT2D eigenvalue weighted by Gasteiger charge is -2.10. The van der Waals surface area contributed by atoms with Gasteiger partial charge in [0.05, 0.1) is 5.52 Å². The van der Waals surface area contributed by atoms with E-state index < -0.39 is 0 Å². The fraction of sp³-hybridized carbons (Fsp3) is 0.300. The van der Waals surface area contributed by atoms with Gasteiger partial charge in [-0.05, 0) is 53.3 Å². The molecule has 1 aromatic heterocycles. The Hall–Kier alpha value is -2.02. The summed E-state index contributed by atoms with van der Waals surface area (Å²) in [6.45, 7) is 8.94. The molecule has 0 radical (unpaired) electrons. The Bertz CT molecular complexity index is 745. The van der Waals surface area contributed by atoms with Gasteiger partial charge in [-0.1, -0.05) is 45.9 Å². The van der Waals surface area contributed by atoms with Crippen molar-refractivity contribution in [2.24, 2.45) is 0 Å². The van der Waals surface area contributed by atoms with Crippen LogP contribution in [0.1, 0.15) is 50.7 Å². The Morgan fingerprint density at radius 2 is 1.33 bits per heavy atom. The Labute approximate surface area is 127 Å². The second-order valence-electron chi connectivity index (χ2n) is 6.40. The van der Waals surface area contributed by atoms with Crippen LogP contribution >= 0.6 is 0 Å². The molecule has 0 aliphatic rings. The predicted octanol–water partition coefficient (Wildman–Crippen LogP) is 5.88. The van der Waals surface area contributed by atoms with Gasteiger partial charge in [0, 0.05) is 17.3 Å². The van der Waals surface area contributed by atoms with Gasteiger partial charge in [-0.2, -0.15) is 0 Å². The lowest BCUT2D eigenvalue weighted by Crippen LogP contribution is -1.94. The summed E-state index contributed by atoms with van der Waals surface area (Å²) >= 11 is 0. The van der Waals surface area contributed by atoms with Gasteiger partial charge < -0.3 is 4.57 Å². The Kier molecular flexibility index (Phi) is 3.59. The highest BCUT2D eigenvalue weighted by atomic mass is 15.0. The zero-order valence-corrected chi connectivity index (χ0v) is 13.3. The molecule has 1 heteroatoms. The van der Waals surface area contributed by atoms with Gasteiger partial charge in [0.1, 0.15) is 0 Å². The summed E-state index contributed by atoms with van der Waals surface area (Å²) in [7, 11) is 0. The molecule has 0 bridgehead atoms. The van der Waals surface area contributed by atoms with Gasteiger partial charge in [0.2, 0.25) is 0 Å². The molecule has 3 rings (SSSR count). The summed E-state index contributed by atoms with van der Waals surface area (Å²) in [5.41, 5.74) is 5.29. The van der Waals surface area contributed by atoms with Crippen LogP contribution in [0.3, 0.4) is 0 Å². The van der Waals surface area contributed by atoms with E-state index in [1.807, 2.05) is 0 Å². The maximum atomic E-state index is 2.30. The molecule has 0 unspecified atom stereocenters. The predicted molar refractivity (Wildman–Crippen MR) is 91.5 cm³/mol. The van der Waals surface area contributed by atoms with Gasteiger partial charge in [0.25, 0.3) is 0 Å². The highest BCUT2D eigenvalue weighted by Gasteiger charge is 2.06. The van der Waals surface area contributed by atoms with Gasteiger partial charge in [0.15, 0.2) is 0 Å². The van der Waals surface area contributed by atoms with E-state index in [0.29, 0.717) is 11.8 Å². The monoisotopic (exact) mass is 277 g/mol. The Balaban J connectivity index is 2.04. The third-order valence-electron chi connectivity index (χ3n) is 4.22. The highest BCUT2D eigenvalue weighted by molar-refractivity contribution is 5.82. The van der Waals surface area contributed by atoms with Crippen LogP contribution in [0.25, 0.3) is 16.6 Å². The zero-order valence-electron chi connectivity index (χ0n) is 13.3. The number of aromatic nitrogens is 1. The fourth-order valence-corrected chi connectivity index (χ4v) is 2.77. The van der Waals surface area contributed by atoms with E-state index in [2.05, 4.69) is 87.0 Å². The minimum Gasteiger partial charge on any atom is -0.317 e. The molecule has 0 fully saturated rings. The van der Waals surface area contributed by atoms with E-state index in [1.54, 1.807) is 0 Å². The quantitative estimate of drug-likeness (QED) is 0.563. The molecule has 3 aromatic rings. The summed E-state index contributed by atoms with van der Waals surface area (Å²) in [6, 6.07) is 17.9. The number of hydrogen-bond donors (Lipinski definition) is 0. The first-order chi connectivity index (χ1) is 10.1. The average Bonchev–Trinajstić information content (AvgIpc) is 2.90. The van der Waals surface area contributed by atoms with Crippen LogP contribution in [0.4, 0.5) is 0 Å². The van der Waals surface area contributed by atoms with Crippen molar-refractivity contribution in [2.75, 3.05) is 0 Å². The number of nitrogens with zero attached hydrogens (tertiary/aromatic N) is 1. The molecule has 2 aromatic carbocycles. The van der Waals surface area contributed by atoms with Crippen molar-refractivity contribution in [3.05, 3.63) is 65.9 Å². The summed E-state index contributed by atoms with van der Waals surface area (Å²) in [6.07, 6.45) is 2.17. The van der Waals surface area contributed by atoms with Crippen LogP contribution in [0.15, 0.2) is 54.7 Å².